The number of fused-ring (bicyclic) bond motifs is 1. The number of aryl methyl sites for hydroxylation is 1. The second-order valence-corrected chi connectivity index (χ2v) is 9.69. The molecule has 1 N–H and O–H groups in total. The van der Waals surface area contributed by atoms with Crippen molar-refractivity contribution in [1.29, 1.82) is 0 Å². The number of nitrogens with zero attached hydrogens (tertiary/aromatic N) is 2. The molecule has 1 aromatic carbocycles. The van der Waals surface area contributed by atoms with E-state index in [1.807, 2.05) is 39.0 Å². The van der Waals surface area contributed by atoms with E-state index in [0.29, 0.717) is 5.56 Å². The van der Waals surface area contributed by atoms with E-state index < -0.39 is 5.92 Å². The van der Waals surface area contributed by atoms with Crippen molar-refractivity contribution in [1.82, 2.24) is 4.57 Å². The Morgan fingerprint density at radius 2 is 1.82 bits per heavy atom. The van der Waals surface area contributed by atoms with Crippen LogP contribution in [-0.2, 0) is 0 Å². The Morgan fingerprint density at radius 1 is 1.09 bits per heavy atom. The van der Waals surface area contributed by atoms with Crippen LogP contribution in [0.15, 0.2) is 41.3 Å². The van der Waals surface area contributed by atoms with Gasteiger partial charge in [-0.15, -0.1) is 0 Å². The summed E-state index contributed by atoms with van der Waals surface area (Å²) in [5, 5.41) is 2.80. The van der Waals surface area contributed by atoms with Crippen LogP contribution in [0.4, 0.5) is 20.2 Å². The van der Waals surface area contributed by atoms with Crippen molar-refractivity contribution >= 4 is 17.3 Å². The van der Waals surface area contributed by atoms with Crippen molar-refractivity contribution in [3.63, 3.8) is 0 Å². The van der Waals surface area contributed by atoms with E-state index in [2.05, 4.69) is 10.2 Å². The molecule has 2 aromatic rings. The SMILES string of the molecule is CC.Cc1ccc(C(=O)Nc2cccn(C3CCC(F)(F)CC3)c2=O)c(N2CCC3CC3C2)c1. The van der Waals surface area contributed by atoms with Crippen LogP contribution in [0.5, 0.6) is 0 Å². The molecule has 2 aliphatic carbocycles. The number of alkyl halides is 2. The monoisotopic (exact) mass is 471 g/mol. The average molecular weight is 472 g/mol. The first-order chi connectivity index (χ1) is 16.3. The first kappa shape index (κ1) is 24.4. The van der Waals surface area contributed by atoms with Gasteiger partial charge in [0.05, 0.1) is 5.56 Å². The summed E-state index contributed by atoms with van der Waals surface area (Å²) in [6.45, 7) is 7.92. The standard InChI is InChI=1S/C25H29F2N3O2.C2H6/c1-16-4-5-20(22(13-16)29-12-8-17-14-18(17)15-29)23(31)28-21-3-2-11-30(24(21)32)19-6-9-25(26,27)10-7-19;1-2/h2-5,11,13,17-19H,6-10,12,14-15H2,1H3,(H,28,31);1-2H3. The highest BCUT2D eigenvalue weighted by Gasteiger charge is 2.42. The number of anilines is 2. The van der Waals surface area contributed by atoms with Gasteiger partial charge in [0.2, 0.25) is 5.92 Å². The van der Waals surface area contributed by atoms with E-state index in [-0.39, 0.29) is 48.9 Å². The minimum Gasteiger partial charge on any atom is -0.371 e. The van der Waals surface area contributed by atoms with Crippen LogP contribution in [0, 0.1) is 18.8 Å². The number of halogens is 2. The lowest BCUT2D eigenvalue weighted by Gasteiger charge is -2.30. The van der Waals surface area contributed by atoms with Crippen LogP contribution < -0.4 is 15.8 Å². The quantitative estimate of drug-likeness (QED) is 0.592. The van der Waals surface area contributed by atoms with Crippen LogP contribution in [-0.4, -0.2) is 29.5 Å². The van der Waals surface area contributed by atoms with Crippen LogP contribution in [0.3, 0.4) is 0 Å². The van der Waals surface area contributed by atoms with Gasteiger partial charge in [-0.25, -0.2) is 8.78 Å². The number of nitrogens with one attached hydrogen (secondary N) is 1. The number of hydrogen-bond acceptors (Lipinski definition) is 3. The molecule has 34 heavy (non-hydrogen) atoms. The minimum absolute atomic E-state index is 0.183. The molecule has 2 unspecified atom stereocenters. The first-order valence-corrected chi connectivity index (χ1v) is 12.6. The molecule has 0 spiro atoms. The number of piperidine rings is 1. The summed E-state index contributed by atoms with van der Waals surface area (Å²) in [7, 11) is 0. The van der Waals surface area contributed by atoms with Gasteiger partial charge in [-0.3, -0.25) is 9.59 Å². The zero-order valence-electron chi connectivity index (χ0n) is 20.3. The van der Waals surface area contributed by atoms with E-state index in [1.54, 1.807) is 18.3 Å². The van der Waals surface area contributed by atoms with E-state index in [4.69, 9.17) is 0 Å². The number of benzene rings is 1. The minimum atomic E-state index is -2.65. The number of rotatable bonds is 4. The van der Waals surface area contributed by atoms with Crippen molar-refractivity contribution in [2.24, 2.45) is 11.8 Å². The molecule has 3 fully saturated rings. The summed E-state index contributed by atoms with van der Waals surface area (Å²) in [5.41, 5.74) is 2.40. The Kier molecular flexibility index (Phi) is 7.10. The summed E-state index contributed by atoms with van der Waals surface area (Å²) in [6.07, 6.45) is 4.14. The number of amides is 1. The van der Waals surface area contributed by atoms with E-state index in [9.17, 15) is 18.4 Å². The molecule has 3 aliphatic rings. The number of carbonyl (C=O) groups excluding carboxylic acids is 1. The average Bonchev–Trinajstić information content (AvgIpc) is 3.61. The molecule has 2 atom stereocenters. The van der Waals surface area contributed by atoms with E-state index in [1.165, 1.54) is 11.0 Å². The number of carbonyl (C=O) groups is 1. The largest absolute Gasteiger partial charge is 0.371 e. The number of pyridine rings is 1. The molecule has 184 valence electrons. The topological polar surface area (TPSA) is 54.3 Å². The molecule has 2 heterocycles. The van der Waals surface area contributed by atoms with Gasteiger partial charge in [0.25, 0.3) is 11.5 Å². The van der Waals surface area contributed by atoms with Crippen LogP contribution in [0.25, 0.3) is 0 Å². The molecule has 7 heteroatoms. The second-order valence-electron chi connectivity index (χ2n) is 9.69. The van der Waals surface area contributed by atoms with E-state index in [0.717, 1.165) is 42.6 Å². The lowest BCUT2D eigenvalue weighted by atomic mass is 9.92. The van der Waals surface area contributed by atoms with Crippen molar-refractivity contribution in [2.75, 3.05) is 23.3 Å². The van der Waals surface area contributed by atoms with Crippen molar-refractivity contribution < 1.29 is 13.6 Å². The highest BCUT2D eigenvalue weighted by Crippen LogP contribution is 2.46. The number of hydrogen-bond donors (Lipinski definition) is 1. The van der Waals surface area contributed by atoms with Gasteiger partial charge in [-0.05, 0) is 74.3 Å². The molecule has 1 aliphatic heterocycles. The third-order valence-corrected chi connectivity index (χ3v) is 7.33. The van der Waals surface area contributed by atoms with Crippen molar-refractivity contribution in [3.8, 4) is 0 Å². The Morgan fingerprint density at radius 3 is 2.53 bits per heavy atom. The fraction of sp³-hybridized carbons (Fsp3) is 0.556. The maximum Gasteiger partial charge on any atom is 0.274 e. The fourth-order valence-electron chi connectivity index (χ4n) is 5.28. The van der Waals surface area contributed by atoms with Gasteiger partial charge in [0.15, 0.2) is 0 Å². The summed E-state index contributed by atoms with van der Waals surface area (Å²) in [6, 6.07) is 8.78. The summed E-state index contributed by atoms with van der Waals surface area (Å²) >= 11 is 0. The highest BCUT2D eigenvalue weighted by molar-refractivity contribution is 6.08. The molecule has 0 radical (unpaired) electrons. The van der Waals surface area contributed by atoms with Crippen LogP contribution in [0.2, 0.25) is 0 Å². The van der Waals surface area contributed by atoms with Gasteiger partial charge in [-0.1, -0.05) is 19.9 Å². The Bertz CT molecular complexity index is 1090. The zero-order chi connectivity index (χ0) is 24.5. The van der Waals surface area contributed by atoms with Gasteiger partial charge >= 0.3 is 0 Å². The number of aromatic nitrogens is 1. The molecule has 1 amide bonds. The summed E-state index contributed by atoms with van der Waals surface area (Å²) in [4.78, 5) is 28.5. The first-order valence-electron chi connectivity index (χ1n) is 12.6. The normalized spacial score (nSPS) is 23.4. The Hall–Kier alpha value is -2.70. The molecule has 5 rings (SSSR count). The van der Waals surface area contributed by atoms with Gasteiger partial charge in [0, 0.05) is 43.9 Å². The molecule has 1 saturated heterocycles. The smallest absolute Gasteiger partial charge is 0.274 e. The maximum absolute atomic E-state index is 13.5. The lowest BCUT2D eigenvalue weighted by Crippen LogP contribution is -2.34. The second kappa shape index (κ2) is 9.88. The predicted molar refractivity (Wildman–Crippen MR) is 132 cm³/mol. The Balaban J connectivity index is 0.00000133. The molecular weight excluding hydrogens is 436 g/mol. The van der Waals surface area contributed by atoms with Gasteiger partial charge < -0.3 is 14.8 Å². The third kappa shape index (κ3) is 5.18. The lowest BCUT2D eigenvalue weighted by molar-refractivity contribution is -0.0442. The van der Waals surface area contributed by atoms with Crippen LogP contribution in [0.1, 0.15) is 74.3 Å². The van der Waals surface area contributed by atoms with Crippen molar-refractivity contribution in [3.05, 3.63) is 58.0 Å². The zero-order valence-corrected chi connectivity index (χ0v) is 20.3. The highest BCUT2D eigenvalue weighted by atomic mass is 19.3. The Labute approximate surface area is 200 Å². The molecule has 2 saturated carbocycles. The molecule has 1 aromatic heterocycles. The summed E-state index contributed by atoms with van der Waals surface area (Å²) < 4.78 is 28.6. The summed E-state index contributed by atoms with van der Waals surface area (Å²) in [5.74, 6) is -1.40. The fourth-order valence-corrected chi connectivity index (χ4v) is 5.28. The van der Waals surface area contributed by atoms with Crippen molar-refractivity contribution in [2.45, 2.75) is 71.3 Å². The predicted octanol–water partition coefficient (Wildman–Crippen LogP) is 6.03. The van der Waals surface area contributed by atoms with Gasteiger partial charge in [0.1, 0.15) is 5.69 Å². The molecule has 5 nitrogen and oxygen atoms in total. The third-order valence-electron chi connectivity index (χ3n) is 7.33. The molecular formula is C27H35F2N3O2. The van der Waals surface area contributed by atoms with Crippen LogP contribution >= 0.6 is 0 Å². The van der Waals surface area contributed by atoms with E-state index >= 15 is 0 Å². The van der Waals surface area contributed by atoms with Gasteiger partial charge in [-0.2, -0.15) is 0 Å². The molecule has 0 bridgehead atoms. The maximum atomic E-state index is 13.5.